The summed E-state index contributed by atoms with van der Waals surface area (Å²) in [5.41, 5.74) is 0.213. The van der Waals surface area contributed by atoms with Crippen LogP contribution in [0.3, 0.4) is 0 Å². The summed E-state index contributed by atoms with van der Waals surface area (Å²) in [6.07, 6.45) is 1.42. The third kappa shape index (κ3) is 3.11. The first-order valence-corrected chi connectivity index (χ1v) is 7.58. The van der Waals surface area contributed by atoms with Gasteiger partial charge < -0.3 is 4.42 Å². The Morgan fingerprint density at radius 3 is 2.48 bits per heavy atom. The van der Waals surface area contributed by atoms with Gasteiger partial charge in [-0.05, 0) is 31.5 Å². The Labute approximate surface area is 121 Å². The van der Waals surface area contributed by atoms with Gasteiger partial charge in [0.2, 0.25) is 10.0 Å². The minimum atomic E-state index is -4.02. The van der Waals surface area contributed by atoms with E-state index < -0.39 is 20.6 Å². The molecule has 2 aromatic rings. The lowest BCUT2D eigenvalue weighted by atomic mass is 10.1. The van der Waals surface area contributed by atoms with Crippen LogP contribution in [-0.4, -0.2) is 13.3 Å². The highest BCUT2D eigenvalue weighted by Crippen LogP contribution is 2.30. The molecule has 0 radical (unpaired) electrons. The Morgan fingerprint density at radius 2 is 1.90 bits per heavy atom. The van der Waals surface area contributed by atoms with Gasteiger partial charge in [-0.15, -0.1) is 0 Å². The minimum Gasteiger partial charge on any atom is -0.468 e. The van der Waals surface area contributed by atoms with Gasteiger partial charge in [0.1, 0.15) is 5.76 Å². The molecule has 0 spiro atoms. The van der Waals surface area contributed by atoms with E-state index in [0.717, 1.165) is 0 Å². The average Bonchev–Trinajstić information content (AvgIpc) is 2.91. The van der Waals surface area contributed by atoms with Crippen molar-refractivity contribution in [1.29, 1.82) is 0 Å². The molecule has 0 aliphatic carbocycles. The number of nitro benzene ring substituents is 1. The predicted octanol–water partition coefficient (Wildman–Crippen LogP) is 2.28. The maximum atomic E-state index is 12.4. The molecule has 0 saturated carbocycles. The minimum absolute atomic E-state index is 0.0696. The molecule has 1 aromatic carbocycles. The molecule has 21 heavy (non-hydrogen) atoms. The number of rotatable bonds is 5. The van der Waals surface area contributed by atoms with Crippen LogP contribution in [0.2, 0.25) is 0 Å². The predicted molar refractivity (Wildman–Crippen MR) is 75.3 cm³/mol. The summed E-state index contributed by atoms with van der Waals surface area (Å²) in [6.45, 7) is 2.96. The van der Waals surface area contributed by atoms with Gasteiger partial charge >= 0.3 is 0 Å². The molecule has 0 atom stereocenters. The zero-order chi connectivity index (χ0) is 15.6. The van der Waals surface area contributed by atoms with Gasteiger partial charge in [0.25, 0.3) is 5.69 Å². The maximum Gasteiger partial charge on any atom is 0.292 e. The van der Waals surface area contributed by atoms with Crippen molar-refractivity contribution in [2.24, 2.45) is 0 Å². The molecule has 0 unspecified atom stereocenters. The number of hydrogen-bond acceptors (Lipinski definition) is 5. The first kappa shape index (κ1) is 15.2. The fourth-order valence-electron chi connectivity index (χ4n) is 1.99. The molecule has 0 amide bonds. The van der Waals surface area contributed by atoms with E-state index in [1.807, 2.05) is 0 Å². The summed E-state index contributed by atoms with van der Waals surface area (Å²) < 4.78 is 32.1. The summed E-state index contributed by atoms with van der Waals surface area (Å²) in [5, 5.41) is 11.2. The first-order chi connectivity index (χ1) is 9.83. The van der Waals surface area contributed by atoms with Crippen LogP contribution in [0.5, 0.6) is 0 Å². The third-order valence-electron chi connectivity index (χ3n) is 3.00. The van der Waals surface area contributed by atoms with Crippen LogP contribution in [0.1, 0.15) is 16.9 Å². The molecular weight excluding hydrogens is 296 g/mol. The van der Waals surface area contributed by atoms with E-state index in [1.165, 1.54) is 26.2 Å². The van der Waals surface area contributed by atoms with Crippen molar-refractivity contribution in [3.8, 4) is 0 Å². The molecule has 1 N–H and O–H groups in total. The lowest BCUT2D eigenvalue weighted by Crippen LogP contribution is -2.25. The monoisotopic (exact) mass is 310 g/mol. The molecule has 2 rings (SSSR count). The van der Waals surface area contributed by atoms with Gasteiger partial charge in [-0.25, -0.2) is 13.1 Å². The Kier molecular flexibility index (Phi) is 4.10. The fourth-order valence-corrected chi connectivity index (χ4v) is 3.45. The fraction of sp³-hybridized carbons (Fsp3) is 0.231. The molecule has 1 aromatic heterocycles. The Bertz CT molecular complexity index is 766. The van der Waals surface area contributed by atoms with Crippen LogP contribution in [0, 0.1) is 24.0 Å². The number of furan rings is 1. The smallest absolute Gasteiger partial charge is 0.292 e. The Morgan fingerprint density at radius 1 is 1.24 bits per heavy atom. The van der Waals surface area contributed by atoms with E-state index in [2.05, 4.69) is 4.72 Å². The molecule has 112 valence electrons. The summed E-state index contributed by atoms with van der Waals surface area (Å²) in [7, 11) is -4.02. The van der Waals surface area contributed by atoms with Gasteiger partial charge in [0.15, 0.2) is 4.90 Å². The second-order valence-corrected chi connectivity index (χ2v) is 6.24. The Balaban J connectivity index is 2.44. The summed E-state index contributed by atoms with van der Waals surface area (Å²) >= 11 is 0. The van der Waals surface area contributed by atoms with E-state index in [9.17, 15) is 18.5 Å². The van der Waals surface area contributed by atoms with E-state index in [1.54, 1.807) is 18.2 Å². The van der Waals surface area contributed by atoms with Crippen LogP contribution >= 0.6 is 0 Å². The van der Waals surface area contributed by atoms with Gasteiger partial charge in [-0.3, -0.25) is 10.1 Å². The number of nitrogens with one attached hydrogen (secondary N) is 1. The van der Waals surface area contributed by atoms with E-state index >= 15 is 0 Å². The van der Waals surface area contributed by atoms with Crippen LogP contribution in [0.15, 0.2) is 39.8 Å². The molecule has 8 heteroatoms. The third-order valence-corrected chi connectivity index (χ3v) is 4.58. The van der Waals surface area contributed by atoms with Gasteiger partial charge in [-0.1, -0.05) is 12.1 Å². The molecular formula is C13H14N2O5S. The zero-order valence-corrected chi connectivity index (χ0v) is 12.3. The highest BCUT2D eigenvalue weighted by atomic mass is 32.2. The highest BCUT2D eigenvalue weighted by molar-refractivity contribution is 7.89. The molecule has 0 aliphatic heterocycles. The number of benzene rings is 1. The molecule has 0 aliphatic rings. The topological polar surface area (TPSA) is 102 Å². The quantitative estimate of drug-likeness (QED) is 0.674. The molecule has 0 saturated heterocycles. The largest absolute Gasteiger partial charge is 0.468 e. The van der Waals surface area contributed by atoms with E-state index in [0.29, 0.717) is 16.9 Å². The lowest BCUT2D eigenvalue weighted by Gasteiger charge is -2.10. The normalized spacial score (nSPS) is 11.5. The molecule has 0 bridgehead atoms. The number of aryl methyl sites for hydroxylation is 2. The number of hydrogen-bond donors (Lipinski definition) is 1. The van der Waals surface area contributed by atoms with E-state index in [4.69, 9.17) is 4.42 Å². The van der Waals surface area contributed by atoms with Crippen molar-refractivity contribution in [3.05, 3.63) is 57.5 Å². The lowest BCUT2D eigenvalue weighted by molar-refractivity contribution is -0.388. The van der Waals surface area contributed by atoms with Crippen molar-refractivity contribution < 1.29 is 17.8 Å². The maximum absolute atomic E-state index is 12.4. The second-order valence-electron chi connectivity index (χ2n) is 4.54. The van der Waals surface area contributed by atoms with Crippen LogP contribution < -0.4 is 4.72 Å². The SMILES string of the molecule is Cc1ccc(C)c(S(=O)(=O)NCc2ccco2)c1[N+](=O)[O-]. The molecule has 7 nitrogen and oxygen atoms in total. The van der Waals surface area contributed by atoms with Crippen molar-refractivity contribution in [2.45, 2.75) is 25.3 Å². The number of nitro groups is 1. The highest BCUT2D eigenvalue weighted by Gasteiger charge is 2.29. The summed E-state index contributed by atoms with van der Waals surface area (Å²) in [4.78, 5) is 10.2. The second kappa shape index (κ2) is 5.66. The van der Waals surface area contributed by atoms with Crippen molar-refractivity contribution in [1.82, 2.24) is 4.72 Å². The standard InChI is InChI=1S/C13H14N2O5S/c1-9-5-6-10(2)13(12(9)15(16)17)21(18,19)14-8-11-4-3-7-20-11/h3-7,14H,8H2,1-2H3. The Hall–Kier alpha value is -2.19. The number of sulfonamides is 1. The summed E-state index contributed by atoms with van der Waals surface area (Å²) in [5.74, 6) is 0.423. The van der Waals surface area contributed by atoms with Crippen molar-refractivity contribution in [3.63, 3.8) is 0 Å². The first-order valence-electron chi connectivity index (χ1n) is 6.09. The van der Waals surface area contributed by atoms with Gasteiger partial charge in [-0.2, -0.15) is 0 Å². The molecule has 1 heterocycles. The van der Waals surface area contributed by atoms with Crippen molar-refractivity contribution in [2.75, 3.05) is 0 Å². The zero-order valence-electron chi connectivity index (χ0n) is 11.5. The van der Waals surface area contributed by atoms with Crippen LogP contribution in [-0.2, 0) is 16.6 Å². The average molecular weight is 310 g/mol. The summed E-state index contributed by atoms with van der Waals surface area (Å²) in [6, 6.07) is 6.31. The van der Waals surface area contributed by atoms with Gasteiger partial charge in [0.05, 0.1) is 17.7 Å². The van der Waals surface area contributed by atoms with Gasteiger partial charge in [0, 0.05) is 5.56 Å². The molecule has 0 fully saturated rings. The van der Waals surface area contributed by atoms with Crippen LogP contribution in [0.25, 0.3) is 0 Å². The van der Waals surface area contributed by atoms with Crippen LogP contribution in [0.4, 0.5) is 5.69 Å². The van der Waals surface area contributed by atoms with Crippen molar-refractivity contribution >= 4 is 15.7 Å². The number of nitrogens with zero attached hydrogens (tertiary/aromatic N) is 1. The van der Waals surface area contributed by atoms with E-state index in [-0.39, 0.29) is 11.4 Å².